The van der Waals surface area contributed by atoms with E-state index in [1.54, 1.807) is 17.4 Å². The zero-order chi connectivity index (χ0) is 22.6. The average Bonchev–Trinajstić information content (AvgIpc) is 3.32. The number of nitrogens with zero attached hydrogens (tertiary/aromatic N) is 4. The SMILES string of the molecule is Cc1ccc2c(c1)C(C)Oc1cc(cnc1N)-c1c(cnn1C(F)F)Cc1sc(C)nc1-2. The second-order valence-electron chi connectivity index (χ2n) is 7.88. The molecule has 4 heterocycles. The normalized spacial score (nSPS) is 15.2. The maximum absolute atomic E-state index is 13.8. The third-order valence-corrected chi connectivity index (χ3v) is 6.54. The van der Waals surface area contributed by atoms with Crippen molar-refractivity contribution in [2.24, 2.45) is 0 Å². The van der Waals surface area contributed by atoms with Crippen LogP contribution in [0.4, 0.5) is 14.6 Å². The van der Waals surface area contributed by atoms with Crippen LogP contribution in [0.5, 0.6) is 5.75 Å². The molecular formula is C23H21F2N5OS. The summed E-state index contributed by atoms with van der Waals surface area (Å²) in [4.78, 5) is 10.0. The monoisotopic (exact) mass is 453 g/mol. The molecule has 5 rings (SSSR count). The minimum Gasteiger partial charge on any atom is -0.482 e. The van der Waals surface area contributed by atoms with Crippen LogP contribution in [0, 0.1) is 13.8 Å². The second-order valence-corrected chi connectivity index (χ2v) is 9.17. The minimum absolute atomic E-state index is 0.196. The summed E-state index contributed by atoms with van der Waals surface area (Å²) in [5.41, 5.74) is 11.4. The number of fused-ring (bicyclic) bond motifs is 7. The summed E-state index contributed by atoms with van der Waals surface area (Å²) >= 11 is 1.56. The third kappa shape index (κ3) is 3.42. The predicted molar refractivity (Wildman–Crippen MR) is 120 cm³/mol. The summed E-state index contributed by atoms with van der Waals surface area (Å²) < 4.78 is 34.5. The quantitative estimate of drug-likeness (QED) is 0.400. The molecule has 0 spiro atoms. The van der Waals surface area contributed by atoms with E-state index in [4.69, 9.17) is 15.5 Å². The average molecular weight is 454 g/mol. The van der Waals surface area contributed by atoms with Crippen LogP contribution in [-0.2, 0) is 6.42 Å². The molecule has 1 atom stereocenters. The highest BCUT2D eigenvalue weighted by atomic mass is 32.1. The van der Waals surface area contributed by atoms with Gasteiger partial charge in [0.15, 0.2) is 11.6 Å². The number of nitrogen functional groups attached to an aromatic ring is 1. The van der Waals surface area contributed by atoms with Crippen LogP contribution in [0.1, 0.15) is 46.2 Å². The molecule has 1 aliphatic heterocycles. The zero-order valence-corrected chi connectivity index (χ0v) is 18.6. The Bertz CT molecular complexity index is 1330. The Morgan fingerprint density at radius 3 is 2.81 bits per heavy atom. The molecule has 164 valence electrons. The molecule has 2 N–H and O–H groups in total. The summed E-state index contributed by atoms with van der Waals surface area (Å²) in [7, 11) is 0. The van der Waals surface area contributed by atoms with Crippen LogP contribution < -0.4 is 10.5 Å². The Morgan fingerprint density at radius 1 is 1.22 bits per heavy atom. The first kappa shape index (κ1) is 20.6. The lowest BCUT2D eigenvalue weighted by molar-refractivity contribution is 0.0584. The second kappa shape index (κ2) is 7.67. The molecule has 1 aromatic carbocycles. The Morgan fingerprint density at radius 2 is 2.03 bits per heavy atom. The molecule has 1 aliphatic rings. The fraction of sp³-hybridized carbons (Fsp3) is 0.261. The van der Waals surface area contributed by atoms with Crippen molar-refractivity contribution in [3.63, 3.8) is 0 Å². The minimum atomic E-state index is -2.79. The van der Waals surface area contributed by atoms with Crippen LogP contribution in [-0.4, -0.2) is 19.7 Å². The van der Waals surface area contributed by atoms with Crippen LogP contribution in [0.3, 0.4) is 0 Å². The highest BCUT2D eigenvalue weighted by Crippen LogP contribution is 2.40. The number of aromatic nitrogens is 4. The first-order valence-corrected chi connectivity index (χ1v) is 11.0. The summed E-state index contributed by atoms with van der Waals surface area (Å²) in [6, 6.07) is 7.81. The number of anilines is 1. The van der Waals surface area contributed by atoms with Gasteiger partial charge in [0.1, 0.15) is 6.10 Å². The van der Waals surface area contributed by atoms with Gasteiger partial charge in [-0.1, -0.05) is 23.8 Å². The van der Waals surface area contributed by atoms with E-state index in [1.165, 1.54) is 12.4 Å². The molecule has 4 aromatic rings. The van der Waals surface area contributed by atoms with Gasteiger partial charge in [-0.3, -0.25) is 0 Å². The van der Waals surface area contributed by atoms with E-state index >= 15 is 0 Å². The summed E-state index contributed by atoms with van der Waals surface area (Å²) in [5, 5.41) is 4.87. The Kier molecular flexibility index (Phi) is 4.93. The molecule has 0 fully saturated rings. The Hall–Kier alpha value is -3.33. The van der Waals surface area contributed by atoms with E-state index in [0.717, 1.165) is 32.3 Å². The van der Waals surface area contributed by atoms with E-state index in [1.807, 2.05) is 32.9 Å². The molecule has 0 saturated heterocycles. The molecular weight excluding hydrogens is 432 g/mol. The first-order valence-electron chi connectivity index (χ1n) is 10.2. The van der Waals surface area contributed by atoms with Crippen molar-refractivity contribution >= 4 is 17.2 Å². The number of hydrogen-bond donors (Lipinski definition) is 1. The molecule has 0 radical (unpaired) electrons. The first-order chi connectivity index (χ1) is 15.3. The van der Waals surface area contributed by atoms with Gasteiger partial charge in [0, 0.05) is 39.7 Å². The Balaban J connectivity index is 1.81. The Labute approximate surface area is 187 Å². The van der Waals surface area contributed by atoms with E-state index < -0.39 is 6.55 Å². The van der Waals surface area contributed by atoms with Gasteiger partial charge in [0.25, 0.3) is 0 Å². The number of alkyl halides is 2. The summed E-state index contributed by atoms with van der Waals surface area (Å²) in [5.74, 6) is 0.535. The molecule has 0 aliphatic carbocycles. The highest BCUT2D eigenvalue weighted by Gasteiger charge is 2.26. The van der Waals surface area contributed by atoms with E-state index in [2.05, 4.69) is 16.1 Å². The van der Waals surface area contributed by atoms with Gasteiger partial charge in [-0.15, -0.1) is 11.3 Å². The van der Waals surface area contributed by atoms with Crippen molar-refractivity contribution in [2.45, 2.75) is 39.8 Å². The lowest BCUT2D eigenvalue weighted by atomic mass is 9.95. The van der Waals surface area contributed by atoms with Gasteiger partial charge in [-0.05, 0) is 26.8 Å². The largest absolute Gasteiger partial charge is 0.482 e. The fourth-order valence-electron chi connectivity index (χ4n) is 4.13. The molecule has 2 bridgehead atoms. The number of benzene rings is 1. The van der Waals surface area contributed by atoms with Crippen molar-refractivity contribution in [3.8, 4) is 28.3 Å². The molecule has 1 unspecified atom stereocenters. The van der Waals surface area contributed by atoms with Crippen molar-refractivity contribution in [2.75, 3.05) is 5.73 Å². The summed E-state index contributed by atoms with van der Waals surface area (Å²) in [6.45, 7) is 3.11. The predicted octanol–water partition coefficient (Wildman–Crippen LogP) is 5.71. The standard InChI is InChI=1S/C23H21F2N5OS/c1-11-4-5-16-17(6-11)12(2)31-18-7-14(9-27-22(18)26)21-15(10-28-30(21)23(24)25)8-19-20(16)29-13(3)32-19/h4-7,9-10,12,23H,8H2,1-3H3,(H2,26,27). The van der Waals surface area contributed by atoms with Gasteiger partial charge >= 0.3 is 6.55 Å². The maximum Gasteiger partial charge on any atom is 0.333 e. The molecule has 9 heteroatoms. The lowest BCUT2D eigenvalue weighted by Gasteiger charge is -2.21. The number of rotatable bonds is 1. The third-order valence-electron chi connectivity index (χ3n) is 5.57. The lowest BCUT2D eigenvalue weighted by Crippen LogP contribution is -2.10. The van der Waals surface area contributed by atoms with Crippen LogP contribution in [0.2, 0.25) is 0 Å². The van der Waals surface area contributed by atoms with E-state index in [0.29, 0.717) is 33.7 Å². The van der Waals surface area contributed by atoms with Gasteiger partial charge in [-0.25, -0.2) is 14.6 Å². The number of pyridine rings is 1. The molecule has 32 heavy (non-hydrogen) atoms. The number of thiazole rings is 1. The molecule has 0 saturated carbocycles. The molecule has 6 nitrogen and oxygen atoms in total. The molecule has 0 amide bonds. The van der Waals surface area contributed by atoms with Crippen LogP contribution in [0.15, 0.2) is 36.7 Å². The van der Waals surface area contributed by atoms with E-state index in [-0.39, 0.29) is 11.9 Å². The van der Waals surface area contributed by atoms with Crippen molar-refractivity contribution in [1.82, 2.24) is 19.7 Å². The van der Waals surface area contributed by atoms with Crippen molar-refractivity contribution in [3.05, 3.63) is 63.2 Å². The van der Waals surface area contributed by atoms with Gasteiger partial charge in [0.2, 0.25) is 0 Å². The maximum atomic E-state index is 13.8. The highest BCUT2D eigenvalue weighted by molar-refractivity contribution is 7.12. The number of halogens is 2. The fourth-order valence-corrected chi connectivity index (χ4v) is 5.11. The van der Waals surface area contributed by atoms with Gasteiger partial charge < -0.3 is 10.5 Å². The zero-order valence-electron chi connectivity index (χ0n) is 17.8. The van der Waals surface area contributed by atoms with Crippen molar-refractivity contribution < 1.29 is 13.5 Å². The van der Waals surface area contributed by atoms with Crippen molar-refractivity contribution in [1.29, 1.82) is 0 Å². The molecule has 3 aromatic heterocycles. The van der Waals surface area contributed by atoms with Gasteiger partial charge in [-0.2, -0.15) is 13.9 Å². The number of hydrogen-bond acceptors (Lipinski definition) is 6. The summed E-state index contributed by atoms with van der Waals surface area (Å²) in [6.07, 6.45) is 3.03. The topological polar surface area (TPSA) is 78.9 Å². The number of nitrogens with two attached hydrogens (primary N) is 1. The van der Waals surface area contributed by atoms with Crippen LogP contribution in [0.25, 0.3) is 22.5 Å². The van der Waals surface area contributed by atoms with E-state index in [9.17, 15) is 8.78 Å². The number of ether oxygens (including phenoxy) is 1. The number of aryl methyl sites for hydroxylation is 2. The van der Waals surface area contributed by atoms with Crippen LogP contribution >= 0.6 is 11.3 Å². The smallest absolute Gasteiger partial charge is 0.333 e. The van der Waals surface area contributed by atoms with Gasteiger partial charge in [0.05, 0.1) is 22.6 Å².